The molecule has 5 nitrogen and oxygen atoms in total. The summed E-state index contributed by atoms with van der Waals surface area (Å²) in [5.41, 5.74) is 4.20. The maximum Gasteiger partial charge on any atom is 0.250 e. The van der Waals surface area contributed by atoms with Crippen LogP contribution in [0.4, 0.5) is 0 Å². The Morgan fingerprint density at radius 2 is 2.12 bits per heavy atom. The molecule has 1 unspecified atom stereocenters. The van der Waals surface area contributed by atoms with Gasteiger partial charge in [0, 0.05) is 31.3 Å². The number of aryl methyl sites for hydroxylation is 2. The Bertz CT molecular complexity index is 949. The molecule has 24 heavy (non-hydrogen) atoms. The van der Waals surface area contributed by atoms with Gasteiger partial charge in [-0.15, -0.1) is 0 Å². The Morgan fingerprint density at radius 1 is 1.25 bits per heavy atom. The van der Waals surface area contributed by atoms with Crippen LogP contribution in [0.1, 0.15) is 31.1 Å². The lowest BCUT2D eigenvalue weighted by atomic mass is 9.99. The van der Waals surface area contributed by atoms with Crippen LogP contribution in [-0.2, 0) is 11.8 Å². The lowest BCUT2D eigenvalue weighted by molar-refractivity contribution is -0.0366. The average molecular weight is 323 g/mol. The minimum Gasteiger partial charge on any atom is -0.356 e. The Hall–Kier alpha value is -2.40. The summed E-state index contributed by atoms with van der Waals surface area (Å²) >= 11 is 0. The van der Waals surface area contributed by atoms with Gasteiger partial charge in [0.05, 0.1) is 11.7 Å². The molecular weight excluding hydrogens is 302 g/mol. The minimum atomic E-state index is -0.00359. The van der Waals surface area contributed by atoms with E-state index in [9.17, 15) is 4.79 Å². The average Bonchev–Trinajstić information content (AvgIpc) is 3.00. The fourth-order valence-electron chi connectivity index (χ4n) is 3.38. The topological polar surface area (TPSA) is 49.0 Å². The van der Waals surface area contributed by atoms with Crippen molar-refractivity contribution in [1.82, 2.24) is 14.3 Å². The Morgan fingerprint density at radius 3 is 2.88 bits per heavy atom. The highest BCUT2D eigenvalue weighted by Crippen LogP contribution is 2.31. The van der Waals surface area contributed by atoms with Gasteiger partial charge in [0.1, 0.15) is 0 Å². The number of ether oxygens (including phenoxy) is 1. The number of rotatable bonds is 2. The normalized spacial score (nSPS) is 18.2. The second-order valence-electron chi connectivity index (χ2n) is 6.50. The number of fused-ring (bicyclic) bond motifs is 1. The first-order valence-corrected chi connectivity index (χ1v) is 8.40. The van der Waals surface area contributed by atoms with E-state index in [4.69, 9.17) is 4.74 Å². The van der Waals surface area contributed by atoms with Crippen LogP contribution in [-0.4, -0.2) is 21.0 Å². The van der Waals surface area contributed by atoms with Crippen LogP contribution in [0.15, 0.2) is 41.5 Å². The van der Waals surface area contributed by atoms with E-state index in [1.54, 1.807) is 17.7 Å². The maximum atomic E-state index is 12.0. The summed E-state index contributed by atoms with van der Waals surface area (Å²) < 4.78 is 9.45. The second-order valence-corrected chi connectivity index (χ2v) is 6.50. The van der Waals surface area contributed by atoms with Crippen LogP contribution < -0.4 is 5.56 Å². The van der Waals surface area contributed by atoms with Crippen molar-refractivity contribution in [2.75, 3.05) is 6.61 Å². The summed E-state index contributed by atoms with van der Waals surface area (Å²) in [6.45, 7) is 2.86. The molecule has 2 aromatic heterocycles. The summed E-state index contributed by atoms with van der Waals surface area (Å²) in [7, 11) is 1.76. The third-order valence-corrected chi connectivity index (χ3v) is 4.79. The van der Waals surface area contributed by atoms with Gasteiger partial charge >= 0.3 is 0 Å². The van der Waals surface area contributed by atoms with E-state index < -0.39 is 0 Å². The van der Waals surface area contributed by atoms with Crippen molar-refractivity contribution >= 4 is 10.9 Å². The van der Waals surface area contributed by atoms with E-state index in [0.29, 0.717) is 0 Å². The molecule has 0 saturated carbocycles. The zero-order valence-corrected chi connectivity index (χ0v) is 14.0. The molecule has 4 rings (SSSR count). The molecule has 1 fully saturated rings. The molecular formula is C19H21N3O2. The third-order valence-electron chi connectivity index (χ3n) is 4.79. The van der Waals surface area contributed by atoms with E-state index in [-0.39, 0.29) is 11.8 Å². The summed E-state index contributed by atoms with van der Waals surface area (Å²) in [5.74, 6) is 0. The number of aromatic nitrogens is 3. The second kappa shape index (κ2) is 5.91. The van der Waals surface area contributed by atoms with Crippen molar-refractivity contribution in [1.29, 1.82) is 0 Å². The molecule has 1 atom stereocenters. The van der Waals surface area contributed by atoms with Crippen molar-refractivity contribution in [3.05, 3.63) is 52.6 Å². The highest BCUT2D eigenvalue weighted by atomic mass is 16.5. The van der Waals surface area contributed by atoms with E-state index in [0.717, 1.165) is 47.0 Å². The van der Waals surface area contributed by atoms with Crippen LogP contribution in [0.2, 0.25) is 0 Å². The maximum absolute atomic E-state index is 12.0. The van der Waals surface area contributed by atoms with Gasteiger partial charge in [-0.3, -0.25) is 4.79 Å². The number of hydrogen-bond donors (Lipinski definition) is 0. The van der Waals surface area contributed by atoms with Crippen molar-refractivity contribution in [2.45, 2.75) is 32.4 Å². The summed E-state index contributed by atoms with van der Waals surface area (Å²) in [4.78, 5) is 12.0. The number of nitrogens with zero attached hydrogens (tertiary/aromatic N) is 3. The van der Waals surface area contributed by atoms with Gasteiger partial charge in [0.25, 0.3) is 5.56 Å². The molecule has 0 amide bonds. The highest BCUT2D eigenvalue weighted by molar-refractivity contribution is 5.86. The molecule has 1 aromatic carbocycles. The summed E-state index contributed by atoms with van der Waals surface area (Å²) in [5, 5.41) is 5.66. The van der Waals surface area contributed by atoms with E-state index in [1.807, 2.05) is 23.1 Å². The largest absolute Gasteiger partial charge is 0.356 e. The minimum absolute atomic E-state index is 0.00359. The smallest absolute Gasteiger partial charge is 0.250 e. The lowest BCUT2D eigenvalue weighted by Crippen LogP contribution is -2.19. The molecule has 1 aliphatic rings. The quantitative estimate of drug-likeness (QED) is 0.726. The first kappa shape index (κ1) is 15.1. The van der Waals surface area contributed by atoms with E-state index >= 15 is 0 Å². The SMILES string of the molecule is Cc1cc2cnn(C3CCCCO3)c2cc1-c1ccn(C)c(=O)c1. The lowest BCUT2D eigenvalue weighted by Gasteiger charge is -2.23. The molecule has 0 aliphatic carbocycles. The molecule has 0 bridgehead atoms. The Labute approximate surface area is 140 Å². The molecule has 3 heterocycles. The fourth-order valence-corrected chi connectivity index (χ4v) is 3.38. The third kappa shape index (κ3) is 2.55. The van der Waals surface area contributed by atoms with Gasteiger partial charge in [0.15, 0.2) is 6.23 Å². The van der Waals surface area contributed by atoms with Gasteiger partial charge in [-0.2, -0.15) is 5.10 Å². The van der Waals surface area contributed by atoms with Gasteiger partial charge < -0.3 is 9.30 Å². The molecule has 0 radical (unpaired) electrons. The molecule has 3 aromatic rings. The van der Waals surface area contributed by atoms with Crippen molar-refractivity contribution in [2.24, 2.45) is 7.05 Å². The van der Waals surface area contributed by atoms with Crippen LogP contribution in [0.25, 0.3) is 22.0 Å². The molecule has 1 saturated heterocycles. The standard InChI is InChI=1S/C19H21N3O2/c1-13-9-15-12-20-22(19-5-3-4-8-24-19)17(15)11-16(13)14-6-7-21(2)18(23)10-14/h6-7,9-12,19H,3-5,8H2,1-2H3. The van der Waals surface area contributed by atoms with Gasteiger partial charge in [-0.1, -0.05) is 0 Å². The van der Waals surface area contributed by atoms with Gasteiger partial charge in [0.2, 0.25) is 0 Å². The Balaban J connectivity index is 1.85. The first-order valence-electron chi connectivity index (χ1n) is 8.40. The fraction of sp³-hybridized carbons (Fsp3) is 0.368. The van der Waals surface area contributed by atoms with E-state index in [2.05, 4.69) is 24.2 Å². The van der Waals surface area contributed by atoms with E-state index in [1.165, 1.54) is 6.42 Å². The van der Waals surface area contributed by atoms with Crippen LogP contribution in [0, 0.1) is 6.92 Å². The number of benzene rings is 1. The zero-order chi connectivity index (χ0) is 16.7. The molecule has 5 heteroatoms. The molecule has 1 aliphatic heterocycles. The van der Waals surface area contributed by atoms with Crippen molar-refractivity contribution in [3.8, 4) is 11.1 Å². The zero-order valence-electron chi connectivity index (χ0n) is 14.0. The summed E-state index contributed by atoms with van der Waals surface area (Å²) in [6.07, 6.45) is 6.99. The van der Waals surface area contributed by atoms with Crippen LogP contribution in [0.3, 0.4) is 0 Å². The predicted molar refractivity (Wildman–Crippen MR) is 94.0 cm³/mol. The van der Waals surface area contributed by atoms with Gasteiger partial charge in [-0.05, 0) is 61.1 Å². The molecule has 124 valence electrons. The number of hydrogen-bond acceptors (Lipinski definition) is 3. The summed E-state index contributed by atoms with van der Waals surface area (Å²) in [6, 6.07) is 7.93. The van der Waals surface area contributed by atoms with Crippen molar-refractivity contribution < 1.29 is 4.74 Å². The van der Waals surface area contributed by atoms with Gasteiger partial charge in [-0.25, -0.2) is 4.68 Å². The first-order chi connectivity index (χ1) is 11.6. The predicted octanol–water partition coefficient (Wildman–Crippen LogP) is 3.41. The van der Waals surface area contributed by atoms with Crippen LogP contribution >= 0.6 is 0 Å². The highest BCUT2D eigenvalue weighted by Gasteiger charge is 2.19. The molecule has 0 N–H and O–H groups in total. The van der Waals surface area contributed by atoms with Crippen LogP contribution in [0.5, 0.6) is 0 Å². The number of pyridine rings is 1. The monoisotopic (exact) mass is 323 g/mol. The van der Waals surface area contributed by atoms with Crippen molar-refractivity contribution in [3.63, 3.8) is 0 Å². The Kier molecular flexibility index (Phi) is 3.73. The molecule has 0 spiro atoms.